The number of nitrogens with zero attached hydrogens (tertiary/aromatic N) is 2. The molecule has 0 aliphatic rings. The first-order valence-electron chi connectivity index (χ1n) is 6.07. The number of carbonyl (C=O) groups is 1. The Morgan fingerprint density at radius 3 is 3.00 bits per heavy atom. The lowest BCUT2D eigenvalue weighted by molar-refractivity contribution is -0.121. The third kappa shape index (κ3) is 3.31. The third-order valence-corrected chi connectivity index (χ3v) is 2.54. The van der Waals surface area contributed by atoms with Gasteiger partial charge in [-0.05, 0) is 18.6 Å². The molecule has 2 aromatic rings. The second kappa shape index (κ2) is 5.99. The first kappa shape index (κ1) is 13.1. The monoisotopic (exact) mass is 261 g/mol. The van der Waals surface area contributed by atoms with Crippen molar-refractivity contribution in [1.82, 2.24) is 14.9 Å². The van der Waals surface area contributed by atoms with E-state index >= 15 is 0 Å². The van der Waals surface area contributed by atoms with Crippen molar-refractivity contribution in [2.24, 2.45) is 0 Å². The molecule has 0 bridgehead atoms. The molecule has 2 rings (SSSR count). The maximum absolute atomic E-state index is 11.8. The van der Waals surface area contributed by atoms with Gasteiger partial charge in [0.1, 0.15) is 12.2 Å². The number of rotatable bonds is 5. The number of furan rings is 1. The second-order valence-electron chi connectivity index (χ2n) is 4.07. The molecule has 0 saturated carbocycles. The molecule has 0 aliphatic carbocycles. The van der Waals surface area contributed by atoms with Gasteiger partial charge in [0.2, 0.25) is 5.91 Å². The van der Waals surface area contributed by atoms with Gasteiger partial charge in [-0.15, -0.1) is 0 Å². The van der Waals surface area contributed by atoms with E-state index in [1.807, 2.05) is 6.92 Å². The van der Waals surface area contributed by atoms with Crippen LogP contribution < -0.4 is 10.9 Å². The van der Waals surface area contributed by atoms with Crippen molar-refractivity contribution in [3.8, 4) is 11.5 Å². The fourth-order valence-corrected chi connectivity index (χ4v) is 1.58. The Kier molecular flexibility index (Phi) is 4.12. The van der Waals surface area contributed by atoms with Crippen LogP contribution in [0.15, 0.2) is 40.0 Å². The summed E-state index contributed by atoms with van der Waals surface area (Å²) in [5.74, 6) is 0.330. The van der Waals surface area contributed by atoms with Crippen molar-refractivity contribution in [3.05, 3.63) is 41.1 Å². The summed E-state index contributed by atoms with van der Waals surface area (Å²) in [6.07, 6.45) is 3.72. The van der Waals surface area contributed by atoms with E-state index in [1.54, 1.807) is 12.1 Å². The van der Waals surface area contributed by atoms with Crippen LogP contribution >= 0.6 is 0 Å². The fraction of sp³-hybridized carbons (Fsp3) is 0.308. The molecule has 19 heavy (non-hydrogen) atoms. The van der Waals surface area contributed by atoms with Gasteiger partial charge in [-0.1, -0.05) is 6.92 Å². The van der Waals surface area contributed by atoms with Crippen LogP contribution in [-0.2, 0) is 11.3 Å². The van der Waals surface area contributed by atoms with Crippen LogP contribution in [0.1, 0.15) is 13.3 Å². The number of amides is 1. The van der Waals surface area contributed by atoms with Crippen molar-refractivity contribution >= 4 is 5.91 Å². The zero-order valence-electron chi connectivity index (χ0n) is 10.6. The highest BCUT2D eigenvalue weighted by Crippen LogP contribution is 2.14. The molecule has 0 saturated heterocycles. The highest BCUT2D eigenvalue weighted by atomic mass is 16.3. The second-order valence-corrected chi connectivity index (χ2v) is 4.07. The van der Waals surface area contributed by atoms with E-state index in [0.717, 1.165) is 6.42 Å². The molecular formula is C13H15N3O3. The molecule has 6 nitrogen and oxygen atoms in total. The predicted octanol–water partition coefficient (Wildman–Crippen LogP) is 1.03. The first-order valence-corrected chi connectivity index (χ1v) is 6.07. The van der Waals surface area contributed by atoms with E-state index in [2.05, 4.69) is 10.3 Å². The molecule has 0 atom stereocenters. The van der Waals surface area contributed by atoms with Gasteiger partial charge in [0.05, 0.1) is 12.6 Å². The Bertz CT molecular complexity index is 602. The van der Waals surface area contributed by atoms with Crippen LogP contribution in [-0.4, -0.2) is 22.0 Å². The lowest BCUT2D eigenvalue weighted by Gasteiger charge is -2.06. The van der Waals surface area contributed by atoms with Gasteiger partial charge >= 0.3 is 0 Å². The molecule has 1 amide bonds. The summed E-state index contributed by atoms with van der Waals surface area (Å²) in [6.45, 7) is 2.54. The predicted molar refractivity (Wildman–Crippen MR) is 69.5 cm³/mol. The van der Waals surface area contributed by atoms with Gasteiger partial charge < -0.3 is 9.73 Å². The van der Waals surface area contributed by atoms with Gasteiger partial charge in [-0.3, -0.25) is 14.2 Å². The van der Waals surface area contributed by atoms with Crippen LogP contribution in [0, 0.1) is 0 Å². The Morgan fingerprint density at radius 2 is 2.37 bits per heavy atom. The van der Waals surface area contributed by atoms with E-state index in [4.69, 9.17) is 4.42 Å². The average molecular weight is 261 g/mol. The number of hydrogen-bond donors (Lipinski definition) is 1. The van der Waals surface area contributed by atoms with Crippen molar-refractivity contribution in [3.63, 3.8) is 0 Å². The van der Waals surface area contributed by atoms with Crippen LogP contribution in [0.25, 0.3) is 11.5 Å². The van der Waals surface area contributed by atoms with Crippen LogP contribution in [0.5, 0.6) is 0 Å². The largest absolute Gasteiger partial charge is 0.463 e. The highest BCUT2D eigenvalue weighted by Gasteiger charge is 2.07. The normalized spacial score (nSPS) is 10.4. The van der Waals surface area contributed by atoms with Gasteiger partial charge in [-0.2, -0.15) is 0 Å². The minimum atomic E-state index is -0.284. The van der Waals surface area contributed by atoms with Crippen LogP contribution in [0.2, 0.25) is 0 Å². The standard InChI is InChI=1S/C13H15N3O3/c1-2-5-14-12(17)8-16-9-15-10(7-13(16)18)11-4-3-6-19-11/h3-4,6-7,9H,2,5,8H2,1H3,(H,14,17). The number of carbonyl (C=O) groups excluding carboxylic acids is 1. The molecular weight excluding hydrogens is 246 g/mol. The Balaban J connectivity index is 2.12. The summed E-state index contributed by atoms with van der Waals surface area (Å²) in [5.41, 5.74) is 0.174. The van der Waals surface area contributed by atoms with Gasteiger partial charge in [0.15, 0.2) is 5.76 Å². The minimum Gasteiger partial charge on any atom is -0.463 e. The topological polar surface area (TPSA) is 77.1 Å². The molecule has 2 aromatic heterocycles. The van der Waals surface area contributed by atoms with Crippen molar-refractivity contribution in [2.75, 3.05) is 6.54 Å². The number of hydrogen-bond acceptors (Lipinski definition) is 4. The maximum Gasteiger partial charge on any atom is 0.254 e. The molecule has 0 aliphatic heterocycles. The van der Waals surface area contributed by atoms with Gasteiger partial charge in [-0.25, -0.2) is 4.98 Å². The Labute approximate surface area is 110 Å². The van der Waals surface area contributed by atoms with E-state index in [0.29, 0.717) is 18.0 Å². The van der Waals surface area contributed by atoms with Crippen LogP contribution in [0.4, 0.5) is 0 Å². The zero-order valence-corrected chi connectivity index (χ0v) is 10.6. The average Bonchev–Trinajstić information content (AvgIpc) is 2.92. The summed E-state index contributed by atoms with van der Waals surface area (Å²) < 4.78 is 6.42. The van der Waals surface area contributed by atoms with Crippen molar-refractivity contribution in [1.29, 1.82) is 0 Å². The highest BCUT2D eigenvalue weighted by molar-refractivity contribution is 5.75. The molecule has 0 fully saturated rings. The molecule has 2 heterocycles. The molecule has 0 aromatic carbocycles. The quantitative estimate of drug-likeness (QED) is 0.872. The van der Waals surface area contributed by atoms with Crippen LogP contribution in [0.3, 0.4) is 0 Å². The SMILES string of the molecule is CCCNC(=O)Cn1cnc(-c2ccco2)cc1=O. The summed E-state index contributed by atoms with van der Waals surface area (Å²) in [6, 6.07) is 4.80. The third-order valence-electron chi connectivity index (χ3n) is 2.54. The lowest BCUT2D eigenvalue weighted by Crippen LogP contribution is -2.32. The number of nitrogens with one attached hydrogen (secondary N) is 1. The molecule has 0 radical (unpaired) electrons. The lowest BCUT2D eigenvalue weighted by atomic mass is 10.3. The zero-order chi connectivity index (χ0) is 13.7. The van der Waals surface area contributed by atoms with E-state index in [9.17, 15) is 9.59 Å². The Hall–Kier alpha value is -2.37. The van der Waals surface area contributed by atoms with Crippen molar-refractivity contribution in [2.45, 2.75) is 19.9 Å². The van der Waals surface area contributed by atoms with E-state index in [-0.39, 0.29) is 18.0 Å². The molecule has 0 spiro atoms. The maximum atomic E-state index is 11.8. The smallest absolute Gasteiger partial charge is 0.254 e. The fourth-order valence-electron chi connectivity index (χ4n) is 1.58. The van der Waals surface area contributed by atoms with Gasteiger partial charge in [0.25, 0.3) is 5.56 Å². The summed E-state index contributed by atoms with van der Waals surface area (Å²) in [4.78, 5) is 27.5. The Morgan fingerprint density at radius 1 is 1.53 bits per heavy atom. The van der Waals surface area contributed by atoms with Crippen molar-refractivity contribution < 1.29 is 9.21 Å². The minimum absolute atomic E-state index is 0.0235. The summed E-state index contributed by atoms with van der Waals surface area (Å²) in [7, 11) is 0. The number of aromatic nitrogens is 2. The van der Waals surface area contributed by atoms with E-state index in [1.165, 1.54) is 23.2 Å². The molecule has 6 heteroatoms. The summed E-state index contributed by atoms with van der Waals surface area (Å²) >= 11 is 0. The molecule has 0 unspecified atom stereocenters. The molecule has 100 valence electrons. The van der Waals surface area contributed by atoms with E-state index < -0.39 is 0 Å². The van der Waals surface area contributed by atoms with Gasteiger partial charge in [0, 0.05) is 12.6 Å². The molecule has 1 N–H and O–H groups in total. The first-order chi connectivity index (χ1) is 9.20. The summed E-state index contributed by atoms with van der Waals surface area (Å²) in [5, 5.41) is 2.71.